The number of carbonyl (C=O) groups is 2. The van der Waals surface area contributed by atoms with Crippen LogP contribution in [0.5, 0.6) is 5.75 Å². The Hall–Kier alpha value is -3.60. The van der Waals surface area contributed by atoms with Gasteiger partial charge in [0.1, 0.15) is 11.3 Å². The molecule has 5 heteroatoms. The van der Waals surface area contributed by atoms with Crippen molar-refractivity contribution in [3.05, 3.63) is 83.9 Å². The minimum Gasteiger partial charge on any atom is -0.496 e. The van der Waals surface area contributed by atoms with E-state index in [2.05, 4.69) is 5.32 Å². The molecule has 0 spiro atoms. The fourth-order valence-corrected chi connectivity index (χ4v) is 2.60. The van der Waals surface area contributed by atoms with Crippen molar-refractivity contribution >= 4 is 17.6 Å². The second-order valence-electron chi connectivity index (χ2n) is 5.62. The Labute approximate surface area is 150 Å². The zero-order valence-electron chi connectivity index (χ0n) is 14.1. The maximum atomic E-state index is 12.4. The highest BCUT2D eigenvalue weighted by molar-refractivity contribution is 6.06. The van der Waals surface area contributed by atoms with Crippen LogP contribution in [0, 0.1) is 0 Å². The number of hydrogen-bond donors (Lipinski definition) is 2. The lowest BCUT2D eigenvalue weighted by molar-refractivity contribution is 0.0693. The van der Waals surface area contributed by atoms with E-state index in [4.69, 9.17) is 4.74 Å². The van der Waals surface area contributed by atoms with E-state index in [9.17, 15) is 14.7 Å². The fraction of sp³-hybridized carbons (Fsp3) is 0.0476. The standard InChI is InChI=1S/C21H17NO4/c1-26-19-12-9-16(13-18(19)21(24)25)20(23)22-17-10-7-15(8-11-17)14-5-3-2-4-6-14/h2-13H,1H3,(H,22,23)(H,24,25). The molecule has 0 aliphatic carbocycles. The van der Waals surface area contributed by atoms with E-state index in [1.165, 1.54) is 25.3 Å². The first-order chi connectivity index (χ1) is 12.6. The molecule has 0 radical (unpaired) electrons. The molecule has 5 nitrogen and oxygen atoms in total. The lowest BCUT2D eigenvalue weighted by Crippen LogP contribution is -2.13. The van der Waals surface area contributed by atoms with Gasteiger partial charge in [0.15, 0.2) is 0 Å². The Morgan fingerprint density at radius 1 is 0.885 bits per heavy atom. The van der Waals surface area contributed by atoms with Gasteiger partial charge in [-0.2, -0.15) is 0 Å². The topological polar surface area (TPSA) is 75.6 Å². The molecule has 0 bridgehead atoms. The SMILES string of the molecule is COc1ccc(C(=O)Nc2ccc(-c3ccccc3)cc2)cc1C(=O)O. The van der Waals surface area contributed by atoms with Crippen molar-refractivity contribution in [2.75, 3.05) is 12.4 Å². The Bertz CT molecular complexity index is 934. The predicted octanol–water partition coefficient (Wildman–Crippen LogP) is 4.31. The fourth-order valence-electron chi connectivity index (χ4n) is 2.60. The van der Waals surface area contributed by atoms with Gasteiger partial charge in [0.2, 0.25) is 0 Å². The van der Waals surface area contributed by atoms with Crippen molar-refractivity contribution in [3.8, 4) is 16.9 Å². The van der Waals surface area contributed by atoms with Gasteiger partial charge in [-0.15, -0.1) is 0 Å². The molecule has 2 N–H and O–H groups in total. The number of benzene rings is 3. The minimum absolute atomic E-state index is 0.0559. The monoisotopic (exact) mass is 347 g/mol. The molecule has 0 aliphatic rings. The van der Waals surface area contributed by atoms with Crippen LogP contribution >= 0.6 is 0 Å². The Balaban J connectivity index is 1.78. The molecule has 0 heterocycles. The molecule has 0 atom stereocenters. The number of rotatable bonds is 5. The number of amides is 1. The third-order valence-corrected chi connectivity index (χ3v) is 3.94. The van der Waals surface area contributed by atoms with Crippen LogP contribution in [-0.2, 0) is 0 Å². The molecule has 0 saturated carbocycles. The van der Waals surface area contributed by atoms with Gasteiger partial charge in [-0.1, -0.05) is 42.5 Å². The number of ether oxygens (including phenoxy) is 1. The van der Waals surface area contributed by atoms with Gasteiger partial charge in [0, 0.05) is 11.3 Å². The van der Waals surface area contributed by atoms with Crippen LogP contribution in [-0.4, -0.2) is 24.1 Å². The van der Waals surface area contributed by atoms with Crippen molar-refractivity contribution in [1.29, 1.82) is 0 Å². The first-order valence-corrected chi connectivity index (χ1v) is 7.96. The summed E-state index contributed by atoms with van der Waals surface area (Å²) < 4.78 is 5.00. The van der Waals surface area contributed by atoms with Crippen LogP contribution in [0.1, 0.15) is 20.7 Å². The van der Waals surface area contributed by atoms with Crippen LogP contribution < -0.4 is 10.1 Å². The average molecular weight is 347 g/mol. The van der Waals surface area contributed by atoms with Gasteiger partial charge in [-0.3, -0.25) is 4.79 Å². The molecule has 0 unspecified atom stereocenters. The molecule has 3 aromatic rings. The van der Waals surface area contributed by atoms with Gasteiger partial charge in [0.25, 0.3) is 5.91 Å². The number of hydrogen-bond acceptors (Lipinski definition) is 3. The molecule has 0 aliphatic heterocycles. The molecule has 0 saturated heterocycles. The van der Waals surface area contributed by atoms with Gasteiger partial charge in [-0.05, 0) is 41.5 Å². The van der Waals surface area contributed by atoms with Crippen molar-refractivity contribution in [2.24, 2.45) is 0 Å². The van der Waals surface area contributed by atoms with Crippen molar-refractivity contribution in [2.45, 2.75) is 0 Å². The number of nitrogens with one attached hydrogen (secondary N) is 1. The number of methoxy groups -OCH3 is 1. The van der Waals surface area contributed by atoms with Crippen molar-refractivity contribution in [1.82, 2.24) is 0 Å². The van der Waals surface area contributed by atoms with E-state index < -0.39 is 5.97 Å². The molecule has 0 aromatic heterocycles. The van der Waals surface area contributed by atoms with E-state index in [0.717, 1.165) is 11.1 Å². The summed E-state index contributed by atoms with van der Waals surface area (Å²) in [5.74, 6) is -1.33. The molecule has 26 heavy (non-hydrogen) atoms. The Morgan fingerprint density at radius 2 is 1.54 bits per heavy atom. The zero-order chi connectivity index (χ0) is 18.5. The Kier molecular flexibility index (Phi) is 4.99. The van der Waals surface area contributed by atoms with Crippen LogP contribution in [0.25, 0.3) is 11.1 Å². The molecule has 3 rings (SSSR count). The van der Waals surface area contributed by atoms with Crippen LogP contribution in [0.2, 0.25) is 0 Å². The average Bonchev–Trinajstić information content (AvgIpc) is 2.68. The largest absolute Gasteiger partial charge is 0.496 e. The van der Waals surface area contributed by atoms with Crippen LogP contribution in [0.3, 0.4) is 0 Å². The van der Waals surface area contributed by atoms with E-state index in [1.54, 1.807) is 0 Å². The lowest BCUT2D eigenvalue weighted by Gasteiger charge is -2.09. The summed E-state index contributed by atoms with van der Waals surface area (Å²) in [5, 5.41) is 12.0. The summed E-state index contributed by atoms with van der Waals surface area (Å²) in [5.41, 5.74) is 2.95. The molecule has 0 fully saturated rings. The van der Waals surface area contributed by atoms with Crippen LogP contribution in [0.4, 0.5) is 5.69 Å². The minimum atomic E-state index is -1.15. The highest BCUT2D eigenvalue weighted by Gasteiger charge is 2.15. The quantitative estimate of drug-likeness (QED) is 0.721. The normalized spacial score (nSPS) is 10.2. The van der Waals surface area contributed by atoms with Crippen molar-refractivity contribution in [3.63, 3.8) is 0 Å². The van der Waals surface area contributed by atoms with Gasteiger partial charge < -0.3 is 15.2 Å². The summed E-state index contributed by atoms with van der Waals surface area (Å²) >= 11 is 0. The smallest absolute Gasteiger partial charge is 0.339 e. The zero-order valence-corrected chi connectivity index (χ0v) is 14.1. The summed E-state index contributed by atoms with van der Waals surface area (Å²) in [6, 6.07) is 21.7. The first kappa shape index (κ1) is 17.2. The third-order valence-electron chi connectivity index (χ3n) is 3.94. The highest BCUT2D eigenvalue weighted by atomic mass is 16.5. The van der Waals surface area contributed by atoms with E-state index in [-0.39, 0.29) is 22.8 Å². The summed E-state index contributed by atoms with van der Waals surface area (Å²) in [6.07, 6.45) is 0. The van der Waals surface area contributed by atoms with E-state index in [0.29, 0.717) is 5.69 Å². The second-order valence-corrected chi connectivity index (χ2v) is 5.62. The van der Waals surface area contributed by atoms with E-state index in [1.807, 2.05) is 54.6 Å². The molecule has 130 valence electrons. The number of carboxylic acids is 1. The second kappa shape index (κ2) is 7.53. The highest BCUT2D eigenvalue weighted by Crippen LogP contribution is 2.23. The van der Waals surface area contributed by atoms with Crippen molar-refractivity contribution < 1.29 is 19.4 Å². The first-order valence-electron chi connectivity index (χ1n) is 7.96. The third kappa shape index (κ3) is 3.72. The van der Waals surface area contributed by atoms with Gasteiger partial charge >= 0.3 is 5.97 Å². The lowest BCUT2D eigenvalue weighted by atomic mass is 10.1. The number of carbonyl (C=O) groups excluding carboxylic acids is 1. The molecule has 3 aromatic carbocycles. The predicted molar refractivity (Wildman–Crippen MR) is 99.8 cm³/mol. The maximum Gasteiger partial charge on any atom is 0.339 e. The summed E-state index contributed by atoms with van der Waals surface area (Å²) in [4.78, 5) is 23.7. The van der Waals surface area contributed by atoms with E-state index >= 15 is 0 Å². The number of anilines is 1. The Morgan fingerprint density at radius 3 is 2.15 bits per heavy atom. The van der Waals surface area contributed by atoms with Gasteiger partial charge in [-0.25, -0.2) is 4.79 Å². The molecule has 1 amide bonds. The summed E-state index contributed by atoms with van der Waals surface area (Å²) in [6.45, 7) is 0. The number of carboxylic acid groups (broad SMARTS) is 1. The molecular formula is C21H17NO4. The van der Waals surface area contributed by atoms with Gasteiger partial charge in [0.05, 0.1) is 7.11 Å². The number of aromatic carboxylic acids is 1. The maximum absolute atomic E-state index is 12.4. The van der Waals surface area contributed by atoms with Crippen LogP contribution in [0.15, 0.2) is 72.8 Å². The molecular weight excluding hydrogens is 330 g/mol. The summed E-state index contributed by atoms with van der Waals surface area (Å²) in [7, 11) is 1.38.